The molecule has 0 amide bonds. The summed E-state index contributed by atoms with van der Waals surface area (Å²) in [5.74, 6) is -0.662. The first-order chi connectivity index (χ1) is 6.83. The van der Waals surface area contributed by atoms with Crippen LogP contribution >= 0.6 is 22.6 Å². The van der Waals surface area contributed by atoms with Gasteiger partial charge in [-0.1, -0.05) is 0 Å². The minimum Gasteiger partial charge on any atom is -0.403 e. The Bertz CT molecular complexity index is 427. The molecule has 8 heteroatoms. The fourth-order valence-corrected chi connectivity index (χ4v) is 1.30. The molecule has 0 aromatic carbocycles. The summed E-state index contributed by atoms with van der Waals surface area (Å²) in [6, 6.07) is 2.51. The van der Waals surface area contributed by atoms with Gasteiger partial charge in [0, 0.05) is 6.07 Å². The van der Waals surface area contributed by atoms with Gasteiger partial charge in [0.05, 0.1) is 5.56 Å². The lowest BCUT2D eigenvalue weighted by Crippen LogP contribution is -2.18. The highest BCUT2D eigenvalue weighted by molar-refractivity contribution is 14.1. The lowest BCUT2D eigenvalue weighted by Gasteiger charge is -2.10. The van der Waals surface area contributed by atoms with Crippen molar-refractivity contribution in [3.63, 3.8) is 0 Å². The largest absolute Gasteiger partial charge is 0.573 e. The second kappa shape index (κ2) is 4.09. The van der Waals surface area contributed by atoms with Gasteiger partial charge in [0.2, 0.25) is 0 Å². The number of rotatable bonds is 1. The normalized spacial score (nSPS) is 10.9. The van der Waals surface area contributed by atoms with E-state index >= 15 is 0 Å². The van der Waals surface area contributed by atoms with Gasteiger partial charge in [-0.15, -0.1) is 13.2 Å². The lowest BCUT2D eigenvalue weighted by molar-refractivity contribution is -0.275. The van der Waals surface area contributed by atoms with E-state index in [0.29, 0.717) is 0 Å². The molecule has 0 aliphatic rings. The van der Waals surface area contributed by atoms with Crippen molar-refractivity contribution in [2.45, 2.75) is 6.36 Å². The number of halogens is 4. The van der Waals surface area contributed by atoms with Crippen LogP contribution in [-0.4, -0.2) is 11.3 Å². The summed E-state index contributed by atoms with van der Waals surface area (Å²) in [7, 11) is 0. The number of hydrogen-bond donors (Lipinski definition) is 1. The molecule has 0 fully saturated rings. The SMILES string of the molecule is N#Cc1cc(OC(F)(F)F)c(I)nc1N. The van der Waals surface area contributed by atoms with Gasteiger partial charge in [0.25, 0.3) is 0 Å². The molecule has 0 bridgehead atoms. The predicted octanol–water partition coefficient (Wildman–Crippen LogP) is 2.04. The van der Waals surface area contributed by atoms with Crippen LogP contribution in [0.1, 0.15) is 5.56 Å². The van der Waals surface area contributed by atoms with E-state index in [9.17, 15) is 13.2 Å². The molecular formula is C7H3F3IN3O. The number of alkyl halides is 3. The van der Waals surface area contributed by atoms with E-state index in [1.54, 1.807) is 6.07 Å². The molecule has 1 aromatic heterocycles. The molecule has 1 aromatic rings. The maximum Gasteiger partial charge on any atom is 0.573 e. The molecule has 0 radical (unpaired) electrons. The van der Waals surface area contributed by atoms with Crippen LogP contribution in [0.5, 0.6) is 5.75 Å². The average Bonchev–Trinajstić information content (AvgIpc) is 2.07. The number of anilines is 1. The van der Waals surface area contributed by atoms with Crippen LogP contribution in [0.15, 0.2) is 6.07 Å². The van der Waals surface area contributed by atoms with E-state index in [-0.39, 0.29) is 15.1 Å². The lowest BCUT2D eigenvalue weighted by atomic mass is 10.3. The third-order valence-electron chi connectivity index (χ3n) is 1.32. The topological polar surface area (TPSA) is 71.9 Å². The van der Waals surface area contributed by atoms with Crippen molar-refractivity contribution in [2.75, 3.05) is 5.73 Å². The summed E-state index contributed by atoms with van der Waals surface area (Å²) in [5.41, 5.74) is 5.13. The molecule has 0 saturated carbocycles. The predicted molar refractivity (Wildman–Crippen MR) is 52.8 cm³/mol. The second-order valence-corrected chi connectivity index (χ2v) is 3.39. The fourth-order valence-electron chi connectivity index (χ4n) is 0.771. The Labute approximate surface area is 96.0 Å². The first kappa shape index (κ1) is 11.8. The van der Waals surface area contributed by atoms with Crippen LogP contribution in [0.3, 0.4) is 0 Å². The van der Waals surface area contributed by atoms with Crippen molar-refractivity contribution in [1.82, 2.24) is 4.98 Å². The third kappa shape index (κ3) is 3.12. The molecule has 1 rings (SSSR count). The number of pyridine rings is 1. The fraction of sp³-hybridized carbons (Fsp3) is 0.143. The summed E-state index contributed by atoms with van der Waals surface area (Å²) in [6.07, 6.45) is -4.82. The van der Waals surface area contributed by atoms with Gasteiger partial charge in [-0.3, -0.25) is 0 Å². The Morgan fingerprint density at radius 3 is 2.60 bits per heavy atom. The number of aromatic nitrogens is 1. The highest BCUT2D eigenvalue weighted by atomic mass is 127. The number of nitriles is 1. The second-order valence-electron chi connectivity index (χ2n) is 2.37. The van der Waals surface area contributed by atoms with Crippen molar-refractivity contribution in [3.05, 3.63) is 15.3 Å². The van der Waals surface area contributed by atoms with Crippen LogP contribution in [-0.2, 0) is 0 Å². The van der Waals surface area contributed by atoms with E-state index in [4.69, 9.17) is 11.0 Å². The Kier molecular flexibility index (Phi) is 3.23. The van der Waals surface area contributed by atoms with Crippen LogP contribution in [0.25, 0.3) is 0 Å². The van der Waals surface area contributed by atoms with E-state index in [1.807, 2.05) is 0 Å². The molecule has 80 valence electrons. The number of nitrogen functional groups attached to an aromatic ring is 1. The average molecular weight is 329 g/mol. The summed E-state index contributed by atoms with van der Waals surface area (Å²) < 4.78 is 39.3. The minimum absolute atomic E-state index is 0.0542. The summed E-state index contributed by atoms with van der Waals surface area (Å²) in [4.78, 5) is 3.55. The van der Waals surface area contributed by atoms with Crippen molar-refractivity contribution in [3.8, 4) is 11.8 Å². The molecule has 0 aliphatic carbocycles. The van der Waals surface area contributed by atoms with Gasteiger partial charge >= 0.3 is 6.36 Å². The van der Waals surface area contributed by atoms with Gasteiger partial charge in [-0.2, -0.15) is 5.26 Å². The van der Waals surface area contributed by atoms with Gasteiger partial charge in [0.1, 0.15) is 15.6 Å². The first-order valence-electron chi connectivity index (χ1n) is 3.45. The van der Waals surface area contributed by atoms with E-state index < -0.39 is 12.1 Å². The van der Waals surface area contributed by atoms with E-state index in [0.717, 1.165) is 6.07 Å². The maximum atomic E-state index is 11.9. The zero-order valence-corrected chi connectivity index (χ0v) is 9.13. The molecule has 4 nitrogen and oxygen atoms in total. The quantitative estimate of drug-likeness (QED) is 0.632. The number of nitrogens with zero attached hydrogens (tertiary/aromatic N) is 2. The van der Waals surface area contributed by atoms with Crippen molar-refractivity contribution in [1.29, 1.82) is 5.26 Å². The molecule has 0 saturated heterocycles. The summed E-state index contributed by atoms with van der Waals surface area (Å²) in [5, 5.41) is 8.52. The molecule has 0 aliphatic heterocycles. The molecule has 0 atom stereocenters. The number of ether oxygens (including phenoxy) is 1. The zero-order chi connectivity index (χ0) is 11.6. The molecule has 15 heavy (non-hydrogen) atoms. The minimum atomic E-state index is -4.82. The van der Waals surface area contributed by atoms with Gasteiger partial charge in [-0.05, 0) is 22.6 Å². The van der Waals surface area contributed by atoms with Crippen LogP contribution in [0, 0.1) is 15.0 Å². The molecule has 0 spiro atoms. The Morgan fingerprint density at radius 2 is 2.13 bits per heavy atom. The standard InChI is InChI=1S/C7H3F3IN3O/c8-7(9,10)15-4-1-3(2-12)6(13)14-5(4)11/h1H,(H2,13,14). The zero-order valence-electron chi connectivity index (χ0n) is 6.97. The van der Waals surface area contributed by atoms with Gasteiger partial charge in [-0.25, -0.2) is 4.98 Å². The number of hydrogen-bond acceptors (Lipinski definition) is 4. The Morgan fingerprint density at radius 1 is 1.53 bits per heavy atom. The van der Waals surface area contributed by atoms with Gasteiger partial charge < -0.3 is 10.5 Å². The number of nitrogens with two attached hydrogens (primary N) is 1. The molecule has 0 unspecified atom stereocenters. The van der Waals surface area contributed by atoms with E-state index in [1.165, 1.54) is 22.6 Å². The highest BCUT2D eigenvalue weighted by Gasteiger charge is 2.32. The molecule has 2 N–H and O–H groups in total. The monoisotopic (exact) mass is 329 g/mol. The Balaban J connectivity index is 3.15. The maximum absolute atomic E-state index is 11.9. The first-order valence-corrected chi connectivity index (χ1v) is 4.53. The Hall–Kier alpha value is -1.24. The smallest absolute Gasteiger partial charge is 0.403 e. The van der Waals surface area contributed by atoms with Crippen LogP contribution in [0.4, 0.5) is 19.0 Å². The van der Waals surface area contributed by atoms with Crippen molar-refractivity contribution < 1.29 is 17.9 Å². The van der Waals surface area contributed by atoms with Crippen molar-refractivity contribution >= 4 is 28.4 Å². The third-order valence-corrected chi connectivity index (χ3v) is 2.09. The molecular weight excluding hydrogens is 326 g/mol. The summed E-state index contributed by atoms with van der Waals surface area (Å²) >= 11 is 1.53. The van der Waals surface area contributed by atoms with Crippen LogP contribution in [0.2, 0.25) is 0 Å². The van der Waals surface area contributed by atoms with Gasteiger partial charge in [0.15, 0.2) is 5.75 Å². The highest BCUT2D eigenvalue weighted by Crippen LogP contribution is 2.28. The van der Waals surface area contributed by atoms with Crippen LogP contribution < -0.4 is 10.5 Å². The van der Waals surface area contributed by atoms with Crippen molar-refractivity contribution in [2.24, 2.45) is 0 Å². The summed E-state index contributed by atoms with van der Waals surface area (Å²) in [6.45, 7) is 0. The molecule has 1 heterocycles. The van der Waals surface area contributed by atoms with E-state index in [2.05, 4.69) is 9.72 Å².